The van der Waals surface area contributed by atoms with Gasteiger partial charge in [-0.2, -0.15) is 4.31 Å². The molecule has 0 bridgehead atoms. The van der Waals surface area contributed by atoms with Crippen molar-refractivity contribution in [3.63, 3.8) is 0 Å². The molecule has 0 saturated heterocycles. The molecule has 28 heavy (non-hydrogen) atoms. The van der Waals surface area contributed by atoms with Gasteiger partial charge in [-0.15, -0.1) is 0 Å². The van der Waals surface area contributed by atoms with Crippen LogP contribution in [0.2, 0.25) is 10.0 Å². The lowest BCUT2D eigenvalue weighted by Gasteiger charge is -2.15. The Balaban J connectivity index is 1.93. The number of aromatic hydroxyl groups is 1. The van der Waals surface area contributed by atoms with E-state index in [1.807, 2.05) is 0 Å². The van der Waals surface area contributed by atoms with Crippen LogP contribution in [0, 0.1) is 0 Å². The third-order valence-electron chi connectivity index (χ3n) is 4.12. The fourth-order valence-electron chi connectivity index (χ4n) is 2.79. The molecule has 0 saturated carbocycles. The number of amides is 1. The Morgan fingerprint density at radius 2 is 1.86 bits per heavy atom. The van der Waals surface area contributed by atoms with E-state index in [0.29, 0.717) is 9.87 Å². The Morgan fingerprint density at radius 3 is 2.43 bits per heavy atom. The summed E-state index contributed by atoms with van der Waals surface area (Å²) in [5.41, 5.74) is 0.127. The van der Waals surface area contributed by atoms with Crippen molar-refractivity contribution in [1.29, 1.82) is 0 Å². The van der Waals surface area contributed by atoms with Crippen LogP contribution in [0.4, 0.5) is 0 Å². The first kappa shape index (κ1) is 20.4. The monoisotopic (exact) mass is 444 g/mol. The molecule has 1 aromatic carbocycles. The summed E-state index contributed by atoms with van der Waals surface area (Å²) in [5, 5.41) is 9.68. The van der Waals surface area contributed by atoms with Crippen molar-refractivity contribution in [3.8, 4) is 5.75 Å². The van der Waals surface area contributed by atoms with E-state index in [0.717, 1.165) is 6.07 Å². The van der Waals surface area contributed by atoms with Crippen LogP contribution >= 0.6 is 23.2 Å². The third-order valence-corrected chi connectivity index (χ3v) is 6.42. The molecule has 1 aliphatic rings. The van der Waals surface area contributed by atoms with Crippen molar-refractivity contribution in [2.75, 3.05) is 6.73 Å². The van der Waals surface area contributed by atoms with Crippen molar-refractivity contribution >= 4 is 45.1 Å². The maximum atomic E-state index is 12.7. The molecule has 1 amide bonds. The van der Waals surface area contributed by atoms with Crippen molar-refractivity contribution in [3.05, 3.63) is 51.3 Å². The van der Waals surface area contributed by atoms with Crippen molar-refractivity contribution < 1.29 is 27.9 Å². The molecule has 0 fully saturated rings. The highest BCUT2D eigenvalue weighted by molar-refractivity contribution is 7.90. The number of nitrogens with zero attached hydrogens (tertiary/aromatic N) is 2. The zero-order chi connectivity index (χ0) is 20.8. The molecule has 11 heteroatoms. The molecular weight excluding hydrogens is 431 g/mol. The number of ether oxygens (including phenoxy) is 1. The number of sulfonamides is 1. The van der Waals surface area contributed by atoms with Gasteiger partial charge in [-0.05, 0) is 17.5 Å². The summed E-state index contributed by atoms with van der Waals surface area (Å²) in [6.45, 7) is 2.64. The number of phenolic OH excluding ortho intramolecular Hbond substituents is 1. The van der Waals surface area contributed by atoms with Gasteiger partial charge < -0.3 is 9.84 Å². The van der Waals surface area contributed by atoms with Crippen molar-refractivity contribution in [2.45, 2.75) is 24.7 Å². The Bertz CT molecular complexity index is 1080. The topological polar surface area (TPSA) is 114 Å². The van der Waals surface area contributed by atoms with Crippen molar-refractivity contribution in [1.82, 2.24) is 9.29 Å². The molecule has 1 N–H and O–H groups in total. The van der Waals surface area contributed by atoms with E-state index in [1.54, 1.807) is 13.8 Å². The molecule has 0 spiro atoms. The highest BCUT2D eigenvalue weighted by Crippen LogP contribution is 2.38. The van der Waals surface area contributed by atoms with Crippen LogP contribution < -0.4 is 0 Å². The van der Waals surface area contributed by atoms with E-state index in [2.05, 4.69) is 4.98 Å². The second-order valence-electron chi connectivity index (χ2n) is 6.26. The number of phenols is 1. The van der Waals surface area contributed by atoms with Crippen LogP contribution in [0.15, 0.2) is 29.4 Å². The first-order valence-corrected chi connectivity index (χ1v) is 10.2. The summed E-state index contributed by atoms with van der Waals surface area (Å²) in [7, 11) is -4.30. The first-order chi connectivity index (χ1) is 13.1. The maximum absolute atomic E-state index is 12.7. The van der Waals surface area contributed by atoms with Gasteiger partial charge in [-0.1, -0.05) is 37.0 Å². The fraction of sp³-hybridized carbons (Fsp3) is 0.235. The van der Waals surface area contributed by atoms with Gasteiger partial charge in [-0.3, -0.25) is 9.78 Å². The number of esters is 1. The number of carbonyl (C=O) groups excluding carboxylic acids is 2. The molecule has 0 radical (unpaired) electrons. The molecule has 1 aromatic heterocycles. The minimum absolute atomic E-state index is 0.0520. The van der Waals surface area contributed by atoms with Crippen LogP contribution in [0.25, 0.3) is 0 Å². The summed E-state index contributed by atoms with van der Waals surface area (Å²) < 4.78 is 30.9. The summed E-state index contributed by atoms with van der Waals surface area (Å²) in [6.07, 6.45) is 2.35. The van der Waals surface area contributed by atoms with Gasteiger partial charge in [0.05, 0.1) is 15.6 Å². The predicted molar refractivity (Wildman–Crippen MR) is 100 cm³/mol. The Morgan fingerprint density at radius 1 is 1.25 bits per heavy atom. The van der Waals surface area contributed by atoms with Crippen LogP contribution in [0.3, 0.4) is 0 Å². The van der Waals surface area contributed by atoms with E-state index in [4.69, 9.17) is 27.9 Å². The maximum Gasteiger partial charge on any atom is 0.343 e. The lowest BCUT2D eigenvalue weighted by atomic mass is 9.96. The van der Waals surface area contributed by atoms with E-state index in [9.17, 15) is 23.1 Å². The van der Waals surface area contributed by atoms with Crippen LogP contribution in [0.5, 0.6) is 5.75 Å². The van der Waals surface area contributed by atoms with E-state index in [1.165, 1.54) is 18.5 Å². The number of benzene rings is 1. The largest absolute Gasteiger partial charge is 0.508 e. The summed E-state index contributed by atoms with van der Waals surface area (Å²) in [5.74, 6) is -2.37. The molecular formula is C17H14Cl2N2O6S. The number of pyridine rings is 1. The third kappa shape index (κ3) is 3.30. The van der Waals surface area contributed by atoms with Crippen LogP contribution in [-0.4, -0.2) is 41.4 Å². The average Bonchev–Trinajstić information content (AvgIpc) is 2.78. The first-order valence-electron chi connectivity index (χ1n) is 7.95. The second-order valence-corrected chi connectivity index (χ2v) is 8.91. The number of aromatic nitrogens is 1. The summed E-state index contributed by atoms with van der Waals surface area (Å²) >= 11 is 11.8. The SMILES string of the molecule is CC(C)c1cc(O)cc2c1C(=O)N(COC(=O)c1c(Cl)cncc1Cl)S2(=O)=O. The number of fused-ring (bicyclic) bond motifs is 1. The molecule has 148 valence electrons. The van der Waals surface area contributed by atoms with Crippen LogP contribution in [-0.2, 0) is 14.8 Å². The van der Waals surface area contributed by atoms with Gasteiger partial charge in [0, 0.05) is 18.5 Å². The average molecular weight is 445 g/mol. The Labute approximate surface area is 170 Å². The van der Waals surface area contributed by atoms with Gasteiger partial charge in [0.1, 0.15) is 16.2 Å². The normalized spacial score (nSPS) is 15.0. The van der Waals surface area contributed by atoms with Gasteiger partial charge in [-0.25, -0.2) is 13.2 Å². The highest BCUT2D eigenvalue weighted by Gasteiger charge is 2.44. The van der Waals surface area contributed by atoms with Gasteiger partial charge in [0.25, 0.3) is 15.9 Å². The molecule has 0 atom stereocenters. The predicted octanol–water partition coefficient (Wildman–Crippen LogP) is 3.18. The molecule has 2 aromatic rings. The number of hydrogen-bond acceptors (Lipinski definition) is 7. The molecule has 3 rings (SSSR count). The second kappa shape index (κ2) is 7.23. The van der Waals surface area contributed by atoms with Gasteiger partial charge in [0.15, 0.2) is 6.73 Å². The Kier molecular flexibility index (Phi) is 5.26. The highest BCUT2D eigenvalue weighted by atomic mass is 35.5. The minimum atomic E-state index is -4.30. The standard InChI is InChI=1S/C17H14Cl2N2O6S/c1-8(2)10-3-9(22)4-13-14(10)16(23)21(28(13,25)26)7-27-17(24)15-11(18)5-20-6-12(15)19/h3-6,8,22H,7H2,1-2H3. The van der Waals surface area contributed by atoms with E-state index < -0.39 is 28.6 Å². The zero-order valence-corrected chi connectivity index (χ0v) is 17.0. The van der Waals surface area contributed by atoms with Crippen molar-refractivity contribution in [2.24, 2.45) is 0 Å². The summed E-state index contributed by atoms with van der Waals surface area (Å²) in [6, 6.07) is 2.33. The van der Waals surface area contributed by atoms with Gasteiger partial charge in [0.2, 0.25) is 0 Å². The quantitative estimate of drug-likeness (QED) is 0.719. The molecule has 0 unspecified atom stereocenters. The number of carbonyl (C=O) groups is 2. The minimum Gasteiger partial charge on any atom is -0.508 e. The van der Waals surface area contributed by atoms with Gasteiger partial charge >= 0.3 is 5.97 Å². The number of rotatable bonds is 4. The Hall–Kier alpha value is -2.36. The molecule has 2 heterocycles. The van der Waals surface area contributed by atoms with E-state index >= 15 is 0 Å². The smallest absolute Gasteiger partial charge is 0.343 e. The zero-order valence-electron chi connectivity index (χ0n) is 14.6. The van der Waals surface area contributed by atoms with E-state index in [-0.39, 0.29) is 37.7 Å². The molecule has 8 nitrogen and oxygen atoms in total. The fourth-order valence-corrected chi connectivity index (χ4v) is 4.78. The molecule has 0 aliphatic carbocycles. The summed E-state index contributed by atoms with van der Waals surface area (Å²) in [4.78, 5) is 28.4. The lowest BCUT2D eigenvalue weighted by Crippen LogP contribution is -2.33. The van der Waals surface area contributed by atoms with Crippen LogP contribution in [0.1, 0.15) is 46.0 Å². The lowest BCUT2D eigenvalue weighted by molar-refractivity contribution is 0.0358. The number of hydrogen-bond donors (Lipinski definition) is 1. The number of halogens is 2. The molecule has 1 aliphatic heterocycles.